The number of nitrogens with two attached hydrogens (primary N) is 1. The lowest BCUT2D eigenvalue weighted by atomic mass is 10.1. The van der Waals surface area contributed by atoms with Gasteiger partial charge in [-0.1, -0.05) is 11.6 Å². The van der Waals surface area contributed by atoms with Crippen molar-refractivity contribution in [1.82, 2.24) is 9.97 Å². The minimum absolute atomic E-state index is 0.385. The van der Waals surface area contributed by atoms with Crippen LogP contribution in [-0.4, -0.2) is 24.2 Å². The van der Waals surface area contributed by atoms with E-state index >= 15 is 0 Å². The van der Waals surface area contributed by atoms with Crippen LogP contribution in [0, 0.1) is 0 Å². The normalized spacial score (nSPS) is 10.7. The number of aromatic nitrogens is 2. The highest BCUT2D eigenvalue weighted by atomic mass is 35.5. The minimum Gasteiger partial charge on any atom is -0.493 e. The van der Waals surface area contributed by atoms with E-state index in [-0.39, 0.29) is 0 Å². The molecular formula is C16H14ClN3O2. The van der Waals surface area contributed by atoms with Gasteiger partial charge in [0.1, 0.15) is 5.82 Å². The maximum atomic E-state index is 6.07. The van der Waals surface area contributed by atoms with E-state index in [1.807, 2.05) is 12.1 Å². The lowest BCUT2D eigenvalue weighted by molar-refractivity contribution is 0.356. The topological polar surface area (TPSA) is 70.3 Å². The number of rotatable bonds is 3. The fourth-order valence-corrected chi connectivity index (χ4v) is 2.33. The van der Waals surface area contributed by atoms with Crippen molar-refractivity contribution in [2.75, 3.05) is 20.0 Å². The summed E-state index contributed by atoms with van der Waals surface area (Å²) in [4.78, 5) is 8.91. The summed E-state index contributed by atoms with van der Waals surface area (Å²) in [5, 5.41) is 1.37. The number of benzene rings is 2. The van der Waals surface area contributed by atoms with Crippen molar-refractivity contribution in [1.29, 1.82) is 0 Å². The number of hydrogen-bond acceptors (Lipinski definition) is 5. The summed E-state index contributed by atoms with van der Waals surface area (Å²) in [5.74, 6) is 2.10. The number of fused-ring (bicyclic) bond motifs is 1. The number of hydrogen-bond donors (Lipinski definition) is 1. The van der Waals surface area contributed by atoms with Crippen molar-refractivity contribution in [3.05, 3.63) is 41.4 Å². The Kier molecular flexibility index (Phi) is 3.73. The first-order valence-electron chi connectivity index (χ1n) is 6.57. The Morgan fingerprint density at radius 3 is 2.23 bits per heavy atom. The second kappa shape index (κ2) is 5.69. The van der Waals surface area contributed by atoms with Gasteiger partial charge in [-0.15, -0.1) is 0 Å². The van der Waals surface area contributed by atoms with Crippen molar-refractivity contribution >= 4 is 28.3 Å². The SMILES string of the molecule is COc1cc2nc(-c3ccc(Cl)cc3)nc(N)c2cc1OC. The molecule has 0 aliphatic heterocycles. The van der Waals surface area contributed by atoms with E-state index in [0.717, 1.165) is 10.9 Å². The summed E-state index contributed by atoms with van der Waals surface area (Å²) in [6, 6.07) is 10.8. The maximum Gasteiger partial charge on any atom is 0.162 e. The first-order valence-corrected chi connectivity index (χ1v) is 6.95. The molecule has 112 valence electrons. The molecule has 5 nitrogen and oxygen atoms in total. The molecule has 0 aliphatic rings. The lowest BCUT2D eigenvalue weighted by Gasteiger charge is -2.11. The largest absolute Gasteiger partial charge is 0.493 e. The van der Waals surface area contributed by atoms with Gasteiger partial charge in [0.15, 0.2) is 17.3 Å². The zero-order valence-electron chi connectivity index (χ0n) is 12.1. The highest BCUT2D eigenvalue weighted by molar-refractivity contribution is 6.30. The summed E-state index contributed by atoms with van der Waals surface area (Å²) >= 11 is 5.90. The van der Waals surface area contributed by atoms with Gasteiger partial charge in [0.25, 0.3) is 0 Å². The highest BCUT2D eigenvalue weighted by Crippen LogP contribution is 2.34. The molecule has 2 N–H and O–H groups in total. The average molecular weight is 316 g/mol. The van der Waals surface area contributed by atoms with Crippen LogP contribution in [0.3, 0.4) is 0 Å². The molecule has 3 aromatic rings. The van der Waals surface area contributed by atoms with Crippen LogP contribution in [0.4, 0.5) is 5.82 Å². The zero-order chi connectivity index (χ0) is 15.7. The van der Waals surface area contributed by atoms with Crippen molar-refractivity contribution in [2.45, 2.75) is 0 Å². The first kappa shape index (κ1) is 14.4. The summed E-state index contributed by atoms with van der Waals surface area (Å²) in [6.07, 6.45) is 0. The van der Waals surface area contributed by atoms with Crippen LogP contribution in [0.25, 0.3) is 22.3 Å². The molecular weight excluding hydrogens is 302 g/mol. The van der Waals surface area contributed by atoms with Gasteiger partial charge in [0, 0.05) is 22.0 Å². The molecule has 0 saturated carbocycles. The molecule has 2 aromatic carbocycles. The molecule has 0 fully saturated rings. The van der Waals surface area contributed by atoms with Crippen molar-refractivity contribution in [2.24, 2.45) is 0 Å². The van der Waals surface area contributed by atoms with Gasteiger partial charge >= 0.3 is 0 Å². The molecule has 3 rings (SSSR count). The molecule has 6 heteroatoms. The van der Waals surface area contributed by atoms with Gasteiger partial charge < -0.3 is 15.2 Å². The van der Waals surface area contributed by atoms with Crippen molar-refractivity contribution in [3.63, 3.8) is 0 Å². The fourth-order valence-electron chi connectivity index (χ4n) is 2.21. The van der Waals surface area contributed by atoms with E-state index in [2.05, 4.69) is 9.97 Å². The van der Waals surface area contributed by atoms with Gasteiger partial charge in [-0.05, 0) is 30.3 Å². The molecule has 22 heavy (non-hydrogen) atoms. The van der Waals surface area contributed by atoms with Crippen LogP contribution in [0.1, 0.15) is 0 Å². The Labute approximate surface area is 132 Å². The summed E-state index contributed by atoms with van der Waals surface area (Å²) < 4.78 is 10.6. The van der Waals surface area contributed by atoms with Gasteiger partial charge in [-0.2, -0.15) is 0 Å². The van der Waals surface area contributed by atoms with E-state index in [0.29, 0.717) is 33.7 Å². The first-order chi connectivity index (χ1) is 10.6. The molecule has 0 radical (unpaired) electrons. The third-order valence-electron chi connectivity index (χ3n) is 3.33. The fraction of sp³-hybridized carbons (Fsp3) is 0.125. The number of ether oxygens (including phenoxy) is 2. The Balaban J connectivity index is 2.21. The molecule has 0 bridgehead atoms. The molecule has 0 saturated heterocycles. The van der Waals surface area contributed by atoms with E-state index in [4.69, 9.17) is 26.8 Å². The predicted octanol–water partition coefficient (Wildman–Crippen LogP) is 3.55. The average Bonchev–Trinajstić information content (AvgIpc) is 2.54. The highest BCUT2D eigenvalue weighted by Gasteiger charge is 2.12. The Morgan fingerprint density at radius 1 is 0.955 bits per heavy atom. The molecule has 0 atom stereocenters. The summed E-state index contributed by atoms with van der Waals surface area (Å²) in [7, 11) is 3.15. The Morgan fingerprint density at radius 2 is 1.59 bits per heavy atom. The predicted molar refractivity (Wildman–Crippen MR) is 87.5 cm³/mol. The van der Waals surface area contributed by atoms with Crippen LogP contribution in [0.2, 0.25) is 5.02 Å². The number of nitrogen functional groups attached to an aromatic ring is 1. The van der Waals surface area contributed by atoms with Gasteiger partial charge in [-0.3, -0.25) is 0 Å². The van der Waals surface area contributed by atoms with Gasteiger partial charge in [0.2, 0.25) is 0 Å². The second-order valence-corrected chi connectivity index (χ2v) is 5.10. The van der Waals surface area contributed by atoms with E-state index in [9.17, 15) is 0 Å². The van der Waals surface area contributed by atoms with Crippen LogP contribution in [-0.2, 0) is 0 Å². The summed E-state index contributed by atoms with van der Waals surface area (Å²) in [5.41, 5.74) is 7.60. The molecule has 1 heterocycles. The Bertz CT molecular complexity index is 835. The number of anilines is 1. The molecule has 0 spiro atoms. The molecule has 0 amide bonds. The van der Waals surface area contributed by atoms with Crippen LogP contribution >= 0.6 is 11.6 Å². The number of halogens is 1. The van der Waals surface area contributed by atoms with Crippen LogP contribution in [0.15, 0.2) is 36.4 Å². The summed E-state index contributed by atoms with van der Waals surface area (Å²) in [6.45, 7) is 0. The maximum absolute atomic E-state index is 6.07. The van der Waals surface area contributed by atoms with Crippen molar-refractivity contribution < 1.29 is 9.47 Å². The number of nitrogens with zero attached hydrogens (tertiary/aromatic N) is 2. The second-order valence-electron chi connectivity index (χ2n) is 4.66. The minimum atomic E-state index is 0.385. The van der Waals surface area contributed by atoms with Gasteiger partial charge in [-0.25, -0.2) is 9.97 Å². The van der Waals surface area contributed by atoms with Crippen molar-refractivity contribution in [3.8, 4) is 22.9 Å². The zero-order valence-corrected chi connectivity index (χ0v) is 12.9. The monoisotopic (exact) mass is 315 g/mol. The third-order valence-corrected chi connectivity index (χ3v) is 3.58. The third kappa shape index (κ3) is 2.51. The van der Waals surface area contributed by atoms with Gasteiger partial charge in [0.05, 0.1) is 19.7 Å². The Hall–Kier alpha value is -2.53. The lowest BCUT2D eigenvalue weighted by Crippen LogP contribution is -1.99. The van der Waals surface area contributed by atoms with Crippen LogP contribution in [0.5, 0.6) is 11.5 Å². The number of methoxy groups -OCH3 is 2. The van der Waals surface area contributed by atoms with E-state index in [1.165, 1.54) is 0 Å². The quantitative estimate of drug-likeness (QED) is 0.800. The standard InChI is InChI=1S/C16H14ClN3O2/c1-21-13-7-11-12(8-14(13)22-2)19-16(20-15(11)18)9-3-5-10(17)6-4-9/h3-8H,1-2H3,(H2,18,19,20). The molecule has 1 aromatic heterocycles. The smallest absolute Gasteiger partial charge is 0.162 e. The van der Waals surface area contributed by atoms with Crippen LogP contribution < -0.4 is 15.2 Å². The van der Waals surface area contributed by atoms with E-state index in [1.54, 1.807) is 38.5 Å². The van der Waals surface area contributed by atoms with E-state index < -0.39 is 0 Å². The molecule has 0 unspecified atom stereocenters. The molecule has 0 aliphatic carbocycles.